The van der Waals surface area contributed by atoms with Gasteiger partial charge in [0.25, 0.3) is 0 Å². The van der Waals surface area contributed by atoms with E-state index < -0.39 is 5.97 Å². The Bertz CT molecular complexity index is 689. The van der Waals surface area contributed by atoms with Crippen LogP contribution in [0, 0.1) is 0 Å². The number of carbonyl (C=O) groups excluding carboxylic acids is 1. The number of carboxylic acid groups (broad SMARTS) is 1. The van der Waals surface area contributed by atoms with Crippen molar-refractivity contribution in [1.29, 1.82) is 0 Å². The Kier molecular flexibility index (Phi) is 4.26. The summed E-state index contributed by atoms with van der Waals surface area (Å²) in [5, 5.41) is 9.35. The first kappa shape index (κ1) is 15.0. The van der Waals surface area contributed by atoms with E-state index in [1.54, 1.807) is 36.9 Å². The average molecular weight is 289 g/mol. The number of aromatic carboxylic acids is 1. The molecule has 1 aromatic carbocycles. The molecule has 1 aromatic heterocycles. The summed E-state index contributed by atoms with van der Waals surface area (Å²) in [4.78, 5) is 29.4. The van der Waals surface area contributed by atoms with Gasteiger partial charge < -0.3 is 14.6 Å². The fraction of sp³-hybridized carbons (Fsp3) is 0.400. The van der Waals surface area contributed by atoms with Gasteiger partial charge in [0.05, 0.1) is 16.6 Å². The van der Waals surface area contributed by atoms with Crippen LogP contribution < -0.4 is 0 Å². The van der Waals surface area contributed by atoms with E-state index in [0.29, 0.717) is 17.5 Å². The third-order valence-electron chi connectivity index (χ3n) is 3.34. The summed E-state index contributed by atoms with van der Waals surface area (Å²) < 4.78 is 1.73. The largest absolute Gasteiger partial charge is 0.478 e. The van der Waals surface area contributed by atoms with Crippen LogP contribution in [0.3, 0.4) is 0 Å². The van der Waals surface area contributed by atoms with Gasteiger partial charge in [0.15, 0.2) is 0 Å². The highest BCUT2D eigenvalue weighted by molar-refractivity contribution is 6.01. The standard InChI is InChI=1S/C15H19N3O3/c1-4-6-12-16-11-8-5-7-10(15(20)21)14(11)18(12)9-13(19)17(2)3/h5,7-8H,4,6,9H2,1-3H3,(H,20,21). The highest BCUT2D eigenvalue weighted by Crippen LogP contribution is 2.22. The number of carbonyl (C=O) groups is 2. The summed E-state index contributed by atoms with van der Waals surface area (Å²) >= 11 is 0. The van der Waals surface area contributed by atoms with Gasteiger partial charge in [0.2, 0.25) is 5.91 Å². The molecular formula is C15H19N3O3. The number of hydrogen-bond acceptors (Lipinski definition) is 3. The molecule has 2 aromatic rings. The van der Waals surface area contributed by atoms with Crippen LogP contribution in [0.4, 0.5) is 0 Å². The fourth-order valence-corrected chi connectivity index (χ4v) is 2.27. The topological polar surface area (TPSA) is 75.4 Å². The number of para-hydroxylation sites is 1. The Balaban J connectivity index is 2.64. The van der Waals surface area contributed by atoms with Crippen molar-refractivity contribution in [1.82, 2.24) is 14.5 Å². The van der Waals surface area contributed by atoms with E-state index in [1.807, 2.05) is 6.92 Å². The lowest BCUT2D eigenvalue weighted by Crippen LogP contribution is -2.27. The van der Waals surface area contributed by atoms with Crippen LogP contribution in [-0.2, 0) is 17.8 Å². The number of nitrogens with zero attached hydrogens (tertiary/aromatic N) is 3. The molecule has 0 aliphatic rings. The summed E-state index contributed by atoms with van der Waals surface area (Å²) in [7, 11) is 3.36. The molecule has 6 heteroatoms. The smallest absolute Gasteiger partial charge is 0.337 e. The second-order valence-electron chi connectivity index (χ2n) is 5.13. The molecule has 112 valence electrons. The molecule has 21 heavy (non-hydrogen) atoms. The van der Waals surface area contributed by atoms with Crippen LogP contribution in [-0.4, -0.2) is 45.5 Å². The van der Waals surface area contributed by atoms with Crippen molar-refractivity contribution in [2.24, 2.45) is 0 Å². The maximum absolute atomic E-state index is 12.0. The van der Waals surface area contributed by atoms with E-state index in [0.717, 1.165) is 12.2 Å². The number of aryl methyl sites for hydroxylation is 1. The molecule has 0 saturated carbocycles. The van der Waals surface area contributed by atoms with Crippen LogP contribution in [0.15, 0.2) is 18.2 Å². The minimum Gasteiger partial charge on any atom is -0.478 e. The van der Waals surface area contributed by atoms with Gasteiger partial charge in [0.1, 0.15) is 12.4 Å². The molecule has 0 saturated heterocycles. The molecule has 0 aliphatic carbocycles. The molecule has 0 aliphatic heterocycles. The van der Waals surface area contributed by atoms with Gasteiger partial charge in [-0.05, 0) is 18.6 Å². The summed E-state index contributed by atoms with van der Waals surface area (Å²) in [5.74, 6) is -0.356. The van der Waals surface area contributed by atoms with Crippen molar-refractivity contribution >= 4 is 22.9 Å². The minimum atomic E-state index is -1.01. The maximum atomic E-state index is 12.0. The molecule has 1 amide bonds. The monoisotopic (exact) mass is 289 g/mol. The van der Waals surface area contributed by atoms with E-state index in [1.165, 1.54) is 4.90 Å². The Hall–Kier alpha value is -2.37. The van der Waals surface area contributed by atoms with Crippen LogP contribution in [0.25, 0.3) is 11.0 Å². The van der Waals surface area contributed by atoms with Gasteiger partial charge in [-0.15, -0.1) is 0 Å². The molecule has 0 radical (unpaired) electrons. The van der Waals surface area contributed by atoms with Crippen LogP contribution >= 0.6 is 0 Å². The Morgan fingerprint density at radius 2 is 2.05 bits per heavy atom. The summed E-state index contributed by atoms with van der Waals surface area (Å²) in [6.45, 7) is 2.12. The lowest BCUT2D eigenvalue weighted by molar-refractivity contribution is -0.129. The molecule has 0 bridgehead atoms. The van der Waals surface area contributed by atoms with Gasteiger partial charge in [-0.25, -0.2) is 9.78 Å². The molecule has 6 nitrogen and oxygen atoms in total. The first-order valence-electron chi connectivity index (χ1n) is 6.87. The third kappa shape index (κ3) is 2.89. The van der Waals surface area contributed by atoms with Crippen LogP contribution in [0.1, 0.15) is 29.5 Å². The van der Waals surface area contributed by atoms with Crippen LogP contribution in [0.5, 0.6) is 0 Å². The molecule has 1 heterocycles. The van der Waals surface area contributed by atoms with Crippen LogP contribution in [0.2, 0.25) is 0 Å². The van der Waals surface area contributed by atoms with Crippen molar-refractivity contribution < 1.29 is 14.7 Å². The lowest BCUT2D eigenvalue weighted by atomic mass is 10.2. The van der Waals surface area contributed by atoms with Gasteiger partial charge in [0, 0.05) is 20.5 Å². The molecule has 0 fully saturated rings. The van der Waals surface area contributed by atoms with Crippen molar-refractivity contribution in [3.63, 3.8) is 0 Å². The third-order valence-corrected chi connectivity index (χ3v) is 3.34. The predicted molar refractivity (Wildman–Crippen MR) is 79.4 cm³/mol. The maximum Gasteiger partial charge on any atom is 0.337 e. The first-order chi connectivity index (χ1) is 9.95. The molecule has 2 rings (SSSR count). The number of carboxylic acids is 1. The Morgan fingerprint density at radius 1 is 1.33 bits per heavy atom. The number of rotatable bonds is 5. The lowest BCUT2D eigenvalue weighted by Gasteiger charge is -2.14. The zero-order valence-corrected chi connectivity index (χ0v) is 12.5. The van der Waals surface area contributed by atoms with Gasteiger partial charge in [-0.1, -0.05) is 13.0 Å². The number of likely N-dealkylation sites (N-methyl/N-ethyl adjacent to an activating group) is 1. The Labute approximate surface area is 123 Å². The quantitative estimate of drug-likeness (QED) is 0.910. The van der Waals surface area contributed by atoms with Gasteiger partial charge in [-0.3, -0.25) is 4.79 Å². The molecular weight excluding hydrogens is 270 g/mol. The number of aromatic nitrogens is 2. The van der Waals surface area contributed by atoms with Crippen molar-refractivity contribution in [3.05, 3.63) is 29.6 Å². The van der Waals surface area contributed by atoms with E-state index in [-0.39, 0.29) is 18.0 Å². The number of fused-ring (bicyclic) bond motifs is 1. The van der Waals surface area contributed by atoms with Gasteiger partial charge in [-0.2, -0.15) is 0 Å². The van der Waals surface area contributed by atoms with E-state index in [2.05, 4.69) is 4.98 Å². The zero-order valence-electron chi connectivity index (χ0n) is 12.5. The zero-order chi connectivity index (χ0) is 15.6. The fourth-order valence-electron chi connectivity index (χ4n) is 2.27. The van der Waals surface area contributed by atoms with Crippen molar-refractivity contribution in [2.75, 3.05) is 14.1 Å². The van der Waals surface area contributed by atoms with Crippen molar-refractivity contribution in [3.8, 4) is 0 Å². The summed E-state index contributed by atoms with van der Waals surface area (Å²) in [6, 6.07) is 4.99. The molecule has 0 spiro atoms. The molecule has 0 unspecified atom stereocenters. The summed E-state index contributed by atoms with van der Waals surface area (Å²) in [5.41, 5.74) is 1.31. The normalized spacial score (nSPS) is 10.8. The number of imidazole rings is 1. The van der Waals surface area contributed by atoms with E-state index in [4.69, 9.17) is 0 Å². The number of benzene rings is 1. The van der Waals surface area contributed by atoms with Crippen molar-refractivity contribution in [2.45, 2.75) is 26.3 Å². The molecule has 1 N–H and O–H groups in total. The van der Waals surface area contributed by atoms with Gasteiger partial charge >= 0.3 is 5.97 Å². The highest BCUT2D eigenvalue weighted by Gasteiger charge is 2.19. The predicted octanol–water partition coefficient (Wildman–Crippen LogP) is 1.78. The Morgan fingerprint density at radius 3 is 2.62 bits per heavy atom. The average Bonchev–Trinajstić information content (AvgIpc) is 2.76. The van der Waals surface area contributed by atoms with E-state index in [9.17, 15) is 14.7 Å². The first-order valence-corrected chi connectivity index (χ1v) is 6.87. The SMILES string of the molecule is CCCc1nc2cccc(C(=O)O)c2n1CC(=O)N(C)C. The van der Waals surface area contributed by atoms with E-state index >= 15 is 0 Å². The molecule has 0 atom stereocenters. The number of amides is 1. The second-order valence-corrected chi connectivity index (χ2v) is 5.13. The minimum absolute atomic E-state index is 0.0909. The highest BCUT2D eigenvalue weighted by atomic mass is 16.4. The summed E-state index contributed by atoms with van der Waals surface area (Å²) in [6.07, 6.45) is 1.58. The second kappa shape index (κ2) is 5.95. The number of hydrogen-bond donors (Lipinski definition) is 1.